The number of nitrogens with zero attached hydrogens (tertiary/aromatic N) is 3. The zero-order valence-electron chi connectivity index (χ0n) is 29.6. The fourth-order valence-corrected chi connectivity index (χ4v) is 6.30. The minimum Gasteiger partial charge on any atom is -0.372 e. The molecule has 0 amide bonds. The normalized spacial score (nSPS) is 24.3. The van der Waals surface area contributed by atoms with Gasteiger partial charge in [0.15, 0.2) is 12.1 Å². The van der Waals surface area contributed by atoms with Crippen LogP contribution in [0.2, 0.25) is 0 Å². The summed E-state index contributed by atoms with van der Waals surface area (Å²) in [5, 5.41) is 3.64. The average Bonchev–Trinajstić information content (AvgIpc) is 3.02. The molecule has 0 spiro atoms. The number of ether oxygens (including phenoxy) is 6. The van der Waals surface area contributed by atoms with Crippen LogP contribution in [0.3, 0.4) is 0 Å². The third-order valence-electron chi connectivity index (χ3n) is 8.97. The summed E-state index contributed by atoms with van der Waals surface area (Å²) in [7, 11) is 0. The Morgan fingerprint density at radius 2 is 1.11 bits per heavy atom. The highest BCUT2D eigenvalue weighted by atomic mass is 16.8. The molecule has 264 valence electrons. The van der Waals surface area contributed by atoms with Crippen LogP contribution in [0.4, 0.5) is 0 Å². The van der Waals surface area contributed by atoms with Crippen molar-refractivity contribution in [3.63, 3.8) is 0 Å². The molecule has 0 unspecified atom stereocenters. The lowest BCUT2D eigenvalue weighted by Gasteiger charge is -2.50. The van der Waals surface area contributed by atoms with Crippen molar-refractivity contribution >= 4 is 0 Å². The monoisotopic (exact) mass is 640 g/mol. The molecule has 0 aromatic heterocycles. The molecule has 2 aliphatic heterocycles. The van der Waals surface area contributed by atoms with Crippen LogP contribution in [0.15, 0.2) is 5.11 Å². The van der Waals surface area contributed by atoms with Gasteiger partial charge in [0.25, 0.3) is 0 Å². The van der Waals surface area contributed by atoms with Crippen LogP contribution in [0.25, 0.3) is 10.4 Å². The Morgan fingerprint density at radius 3 is 1.62 bits per heavy atom. The van der Waals surface area contributed by atoms with E-state index in [1.165, 1.54) is 109 Å². The molecule has 2 heterocycles. The first-order valence-electron chi connectivity index (χ1n) is 18.8. The summed E-state index contributed by atoms with van der Waals surface area (Å²) in [6.07, 6.45) is 24.4. The van der Waals surface area contributed by atoms with Gasteiger partial charge in [-0.1, -0.05) is 135 Å². The van der Waals surface area contributed by atoms with Crippen molar-refractivity contribution in [3.05, 3.63) is 10.4 Å². The first kappa shape index (κ1) is 40.2. The molecule has 2 rings (SSSR count). The van der Waals surface area contributed by atoms with Crippen molar-refractivity contribution in [2.24, 2.45) is 5.11 Å². The Bertz CT molecular complexity index is 750. The fraction of sp³-hybridized carbons (Fsp3) is 1.00. The van der Waals surface area contributed by atoms with Crippen molar-refractivity contribution in [2.45, 2.75) is 199 Å². The van der Waals surface area contributed by atoms with Gasteiger partial charge in [-0.2, -0.15) is 0 Å². The van der Waals surface area contributed by atoms with Crippen LogP contribution < -0.4 is 0 Å². The highest BCUT2D eigenvalue weighted by Gasteiger charge is 2.52. The van der Waals surface area contributed by atoms with E-state index in [-0.39, 0.29) is 18.3 Å². The maximum Gasteiger partial charge on any atom is 0.186 e. The zero-order valence-corrected chi connectivity index (χ0v) is 29.6. The summed E-state index contributed by atoms with van der Waals surface area (Å²) < 4.78 is 38.2. The predicted molar refractivity (Wildman–Crippen MR) is 181 cm³/mol. The van der Waals surface area contributed by atoms with Gasteiger partial charge in [0, 0.05) is 31.3 Å². The molecule has 0 aliphatic carbocycles. The van der Waals surface area contributed by atoms with Crippen molar-refractivity contribution in [2.75, 3.05) is 33.0 Å². The second-order valence-electron chi connectivity index (χ2n) is 13.5. The van der Waals surface area contributed by atoms with Crippen LogP contribution in [0, 0.1) is 0 Å². The van der Waals surface area contributed by atoms with Gasteiger partial charge in [-0.25, -0.2) is 0 Å². The predicted octanol–water partition coefficient (Wildman–Crippen LogP) is 10.2. The molecule has 9 nitrogen and oxygen atoms in total. The second-order valence-corrected chi connectivity index (χ2v) is 13.5. The summed E-state index contributed by atoms with van der Waals surface area (Å²) in [6, 6.07) is 0. The van der Waals surface area contributed by atoms with E-state index in [0.717, 1.165) is 19.3 Å². The molecule has 0 aromatic carbocycles. The molecule has 2 aliphatic rings. The van der Waals surface area contributed by atoms with Gasteiger partial charge in [-0.05, 0) is 38.6 Å². The Kier molecular flexibility index (Phi) is 23.3. The Morgan fingerprint density at radius 1 is 0.644 bits per heavy atom. The smallest absolute Gasteiger partial charge is 0.186 e. The van der Waals surface area contributed by atoms with E-state index < -0.39 is 18.2 Å². The number of azide groups is 1. The second kappa shape index (κ2) is 26.1. The van der Waals surface area contributed by atoms with Gasteiger partial charge in [0.2, 0.25) is 0 Å². The molecular formula is C36H69N3O6. The van der Waals surface area contributed by atoms with Crippen molar-refractivity contribution in [1.29, 1.82) is 0 Å². The van der Waals surface area contributed by atoms with Crippen molar-refractivity contribution in [1.82, 2.24) is 0 Å². The van der Waals surface area contributed by atoms with Crippen LogP contribution in [0.1, 0.15) is 163 Å². The van der Waals surface area contributed by atoms with Crippen LogP contribution in [-0.4, -0.2) is 69.5 Å². The SMILES string of the molecule is CCCCCCCCCCCCO[C@@H]1[C@@H](OCCCCCCCCCCCC)[C@H](OCCCN=[N+]=[N-])O[C@@H]2COC(C)(C)O[C@@H]12. The zero-order chi connectivity index (χ0) is 32.4. The molecule has 0 aromatic rings. The lowest BCUT2D eigenvalue weighted by atomic mass is 9.96. The molecule has 9 heteroatoms. The molecular weight excluding hydrogens is 570 g/mol. The Hall–Kier alpha value is -0.930. The van der Waals surface area contributed by atoms with E-state index in [9.17, 15) is 0 Å². The average molecular weight is 640 g/mol. The molecule has 2 fully saturated rings. The van der Waals surface area contributed by atoms with E-state index in [4.69, 9.17) is 34.0 Å². The maximum atomic E-state index is 8.63. The first-order valence-corrected chi connectivity index (χ1v) is 18.8. The standard InChI is InChI=1S/C36H69N3O6/c1-5-7-9-11-13-15-17-19-21-23-27-40-33-32-31(30-43-36(3,4)45-32)44-35(42-29-25-26-38-39-37)34(33)41-28-24-22-20-18-16-14-12-10-8-6-2/h31-35H,5-30H2,1-4H3/t31-,32-,33+,34-,35-/m1/s1. The summed E-state index contributed by atoms with van der Waals surface area (Å²) >= 11 is 0. The van der Waals surface area contributed by atoms with E-state index in [0.29, 0.717) is 39.4 Å². The molecule has 2 saturated heterocycles. The molecule has 0 radical (unpaired) electrons. The lowest BCUT2D eigenvalue weighted by molar-refractivity contribution is -0.389. The van der Waals surface area contributed by atoms with Crippen LogP contribution in [0.5, 0.6) is 0 Å². The third kappa shape index (κ3) is 18.3. The molecule has 0 N–H and O–H groups in total. The van der Waals surface area contributed by atoms with Crippen LogP contribution >= 0.6 is 0 Å². The van der Waals surface area contributed by atoms with Gasteiger partial charge in [-0.15, -0.1) is 0 Å². The fourth-order valence-electron chi connectivity index (χ4n) is 6.30. The Balaban J connectivity index is 1.88. The lowest BCUT2D eigenvalue weighted by Crippen LogP contribution is -2.66. The minimum atomic E-state index is -0.715. The summed E-state index contributed by atoms with van der Waals surface area (Å²) in [4.78, 5) is 2.85. The van der Waals surface area contributed by atoms with E-state index >= 15 is 0 Å². The number of rotatable bonds is 29. The maximum absolute atomic E-state index is 8.63. The molecule has 45 heavy (non-hydrogen) atoms. The van der Waals surface area contributed by atoms with E-state index in [1.54, 1.807) is 0 Å². The third-order valence-corrected chi connectivity index (χ3v) is 8.97. The molecule has 5 atom stereocenters. The minimum absolute atomic E-state index is 0.294. The van der Waals surface area contributed by atoms with Gasteiger partial charge in [0.05, 0.1) is 6.61 Å². The quantitative estimate of drug-likeness (QED) is 0.0349. The number of hydrogen-bond acceptors (Lipinski definition) is 7. The van der Waals surface area contributed by atoms with Gasteiger partial charge < -0.3 is 28.4 Å². The summed E-state index contributed by atoms with van der Waals surface area (Å²) in [6.45, 7) is 10.9. The van der Waals surface area contributed by atoms with E-state index in [1.807, 2.05) is 13.8 Å². The topological polar surface area (TPSA) is 104 Å². The highest BCUT2D eigenvalue weighted by Crippen LogP contribution is 2.35. The number of unbranched alkanes of at least 4 members (excludes halogenated alkanes) is 18. The highest BCUT2D eigenvalue weighted by molar-refractivity contribution is 4.95. The Labute approximate surface area is 275 Å². The van der Waals surface area contributed by atoms with Crippen molar-refractivity contribution in [3.8, 4) is 0 Å². The van der Waals surface area contributed by atoms with Gasteiger partial charge in [-0.3, -0.25) is 0 Å². The first-order chi connectivity index (χ1) is 22.0. The summed E-state index contributed by atoms with van der Waals surface area (Å²) in [5.74, 6) is -0.715. The van der Waals surface area contributed by atoms with E-state index in [2.05, 4.69) is 23.9 Å². The van der Waals surface area contributed by atoms with Gasteiger partial charge >= 0.3 is 0 Å². The van der Waals surface area contributed by atoms with Crippen molar-refractivity contribution < 1.29 is 28.4 Å². The van der Waals surface area contributed by atoms with Crippen LogP contribution in [-0.2, 0) is 28.4 Å². The summed E-state index contributed by atoms with van der Waals surface area (Å²) in [5.41, 5.74) is 8.63. The molecule has 0 saturated carbocycles. The number of fused-ring (bicyclic) bond motifs is 1. The number of hydrogen-bond donors (Lipinski definition) is 0. The largest absolute Gasteiger partial charge is 0.372 e. The molecule has 0 bridgehead atoms. The van der Waals surface area contributed by atoms with Gasteiger partial charge in [0.1, 0.15) is 24.4 Å².